The van der Waals surface area contributed by atoms with Crippen LogP contribution in [0.25, 0.3) is 0 Å². The zero-order valence-electron chi connectivity index (χ0n) is 11.8. The van der Waals surface area contributed by atoms with Crippen molar-refractivity contribution in [1.82, 2.24) is 0 Å². The van der Waals surface area contributed by atoms with Crippen molar-refractivity contribution in [1.29, 1.82) is 0 Å². The molecule has 0 saturated carbocycles. The van der Waals surface area contributed by atoms with E-state index in [-0.39, 0.29) is 24.4 Å². The van der Waals surface area contributed by atoms with Gasteiger partial charge in [-0.1, -0.05) is 6.92 Å². The van der Waals surface area contributed by atoms with E-state index in [2.05, 4.69) is 20.5 Å². The van der Waals surface area contributed by atoms with Crippen LogP contribution in [0.15, 0.2) is 0 Å². The fourth-order valence-corrected chi connectivity index (χ4v) is 4.13. The summed E-state index contributed by atoms with van der Waals surface area (Å²) in [5.41, 5.74) is 0.399. The fourth-order valence-electron chi connectivity index (χ4n) is 2.57. The SMILES string of the molecule is CCOP(C)C1COC2C(OC(C)CC)COC21. The molecule has 0 bridgehead atoms. The van der Waals surface area contributed by atoms with Crippen molar-refractivity contribution in [3.63, 3.8) is 0 Å². The van der Waals surface area contributed by atoms with Gasteiger partial charge in [0.2, 0.25) is 0 Å². The average Bonchev–Trinajstić information content (AvgIpc) is 2.92. The first-order valence-corrected chi connectivity index (χ1v) is 8.69. The van der Waals surface area contributed by atoms with Crippen molar-refractivity contribution >= 4 is 8.15 Å². The predicted octanol–water partition coefficient (Wildman–Crippen LogP) is 2.40. The van der Waals surface area contributed by atoms with Gasteiger partial charge in [-0.25, -0.2) is 0 Å². The molecule has 2 heterocycles. The van der Waals surface area contributed by atoms with Crippen molar-refractivity contribution in [3.8, 4) is 0 Å². The Morgan fingerprint density at radius 2 is 1.94 bits per heavy atom. The normalized spacial score (nSPS) is 38.7. The van der Waals surface area contributed by atoms with Crippen LogP contribution in [0.1, 0.15) is 27.2 Å². The van der Waals surface area contributed by atoms with Gasteiger partial charge in [0.15, 0.2) is 0 Å². The molecule has 106 valence electrons. The third-order valence-electron chi connectivity index (χ3n) is 3.76. The van der Waals surface area contributed by atoms with E-state index in [1.807, 2.05) is 6.92 Å². The molecular formula is C13H25O4P. The van der Waals surface area contributed by atoms with Gasteiger partial charge >= 0.3 is 0 Å². The Morgan fingerprint density at radius 1 is 1.22 bits per heavy atom. The Labute approximate surface area is 111 Å². The Hall–Kier alpha value is 0.270. The minimum atomic E-state index is -0.462. The van der Waals surface area contributed by atoms with Crippen molar-refractivity contribution in [2.24, 2.45) is 0 Å². The molecule has 2 aliphatic heterocycles. The topological polar surface area (TPSA) is 36.9 Å². The fraction of sp³-hybridized carbons (Fsp3) is 1.00. The van der Waals surface area contributed by atoms with Crippen molar-refractivity contribution < 1.29 is 18.7 Å². The van der Waals surface area contributed by atoms with E-state index in [9.17, 15) is 0 Å². The van der Waals surface area contributed by atoms with E-state index in [0.29, 0.717) is 12.3 Å². The van der Waals surface area contributed by atoms with Crippen LogP contribution in [-0.2, 0) is 18.7 Å². The summed E-state index contributed by atoms with van der Waals surface area (Å²) in [5, 5.41) is 0. The first-order valence-electron chi connectivity index (χ1n) is 6.91. The second kappa shape index (κ2) is 6.62. The van der Waals surface area contributed by atoms with E-state index < -0.39 is 8.15 Å². The van der Waals surface area contributed by atoms with Gasteiger partial charge in [0.1, 0.15) is 12.2 Å². The van der Waals surface area contributed by atoms with Crippen LogP contribution in [0.2, 0.25) is 0 Å². The lowest BCUT2D eigenvalue weighted by Gasteiger charge is -2.22. The van der Waals surface area contributed by atoms with Gasteiger partial charge in [-0.15, -0.1) is 0 Å². The molecule has 2 fully saturated rings. The molecule has 2 aliphatic rings. The summed E-state index contributed by atoms with van der Waals surface area (Å²) in [6, 6.07) is 0. The first-order chi connectivity index (χ1) is 8.67. The van der Waals surface area contributed by atoms with Gasteiger partial charge < -0.3 is 18.7 Å². The largest absolute Gasteiger partial charge is 0.372 e. The monoisotopic (exact) mass is 276 g/mol. The molecule has 0 amide bonds. The summed E-state index contributed by atoms with van der Waals surface area (Å²) in [6.45, 7) is 10.6. The Kier molecular flexibility index (Phi) is 5.40. The van der Waals surface area contributed by atoms with Crippen LogP contribution in [-0.4, -0.2) is 56.6 Å². The molecule has 0 aromatic rings. The highest BCUT2D eigenvalue weighted by molar-refractivity contribution is 7.52. The number of rotatable bonds is 6. The smallest absolute Gasteiger partial charge is 0.113 e. The van der Waals surface area contributed by atoms with Crippen molar-refractivity contribution in [3.05, 3.63) is 0 Å². The minimum Gasteiger partial charge on any atom is -0.372 e. The van der Waals surface area contributed by atoms with Gasteiger partial charge in [-0.3, -0.25) is 0 Å². The molecule has 6 atom stereocenters. The maximum Gasteiger partial charge on any atom is 0.113 e. The first kappa shape index (κ1) is 14.7. The third-order valence-corrected chi connectivity index (χ3v) is 5.81. The summed E-state index contributed by atoms with van der Waals surface area (Å²) in [7, 11) is -0.462. The predicted molar refractivity (Wildman–Crippen MR) is 72.4 cm³/mol. The number of ether oxygens (including phenoxy) is 3. The minimum absolute atomic E-state index is 0.0972. The van der Waals surface area contributed by atoms with Crippen LogP contribution in [0.3, 0.4) is 0 Å². The van der Waals surface area contributed by atoms with Gasteiger partial charge in [0.05, 0.1) is 31.1 Å². The molecule has 4 nitrogen and oxygen atoms in total. The van der Waals surface area contributed by atoms with Gasteiger partial charge in [0, 0.05) is 14.8 Å². The molecule has 5 heteroatoms. The second-order valence-corrected chi connectivity index (χ2v) is 7.03. The molecule has 0 radical (unpaired) electrons. The molecular weight excluding hydrogens is 251 g/mol. The molecule has 0 N–H and O–H groups in total. The third kappa shape index (κ3) is 3.05. The molecule has 0 aliphatic carbocycles. The van der Waals surface area contributed by atoms with E-state index in [4.69, 9.17) is 18.7 Å². The lowest BCUT2D eigenvalue weighted by molar-refractivity contribution is -0.0636. The van der Waals surface area contributed by atoms with Gasteiger partial charge in [-0.05, 0) is 26.9 Å². The summed E-state index contributed by atoms with van der Waals surface area (Å²) in [5.74, 6) is 0. The van der Waals surface area contributed by atoms with Crippen LogP contribution < -0.4 is 0 Å². The zero-order chi connectivity index (χ0) is 13.1. The molecule has 2 rings (SSSR count). The zero-order valence-corrected chi connectivity index (χ0v) is 12.7. The van der Waals surface area contributed by atoms with Crippen LogP contribution in [0, 0.1) is 0 Å². The maximum atomic E-state index is 5.98. The highest BCUT2D eigenvalue weighted by Gasteiger charge is 2.50. The average molecular weight is 276 g/mol. The highest BCUT2D eigenvalue weighted by atomic mass is 31.1. The molecule has 2 saturated heterocycles. The molecule has 0 spiro atoms. The van der Waals surface area contributed by atoms with Gasteiger partial charge in [-0.2, -0.15) is 0 Å². The molecule has 6 unspecified atom stereocenters. The van der Waals surface area contributed by atoms with Crippen LogP contribution in [0.4, 0.5) is 0 Å². The summed E-state index contributed by atoms with van der Waals surface area (Å²) in [4.78, 5) is 0. The Bertz CT molecular complexity index is 263. The highest BCUT2D eigenvalue weighted by Crippen LogP contribution is 2.47. The van der Waals surface area contributed by atoms with E-state index in [1.54, 1.807) is 0 Å². The number of fused-ring (bicyclic) bond motifs is 1. The van der Waals surface area contributed by atoms with E-state index in [0.717, 1.165) is 19.6 Å². The maximum absolute atomic E-state index is 5.98. The van der Waals surface area contributed by atoms with E-state index in [1.165, 1.54) is 0 Å². The van der Waals surface area contributed by atoms with E-state index >= 15 is 0 Å². The second-order valence-electron chi connectivity index (χ2n) is 5.02. The lowest BCUT2D eigenvalue weighted by atomic mass is 10.1. The van der Waals surface area contributed by atoms with Crippen LogP contribution in [0.5, 0.6) is 0 Å². The molecule has 0 aromatic carbocycles. The Morgan fingerprint density at radius 3 is 2.61 bits per heavy atom. The van der Waals surface area contributed by atoms with Crippen molar-refractivity contribution in [2.75, 3.05) is 26.5 Å². The van der Waals surface area contributed by atoms with Gasteiger partial charge in [0.25, 0.3) is 0 Å². The number of hydrogen-bond donors (Lipinski definition) is 0. The number of hydrogen-bond acceptors (Lipinski definition) is 4. The molecule has 0 aromatic heterocycles. The molecule has 18 heavy (non-hydrogen) atoms. The Balaban J connectivity index is 1.90. The van der Waals surface area contributed by atoms with Crippen molar-refractivity contribution in [2.45, 2.75) is 57.3 Å². The lowest BCUT2D eigenvalue weighted by Crippen LogP contribution is -2.34. The quantitative estimate of drug-likeness (QED) is 0.698. The summed E-state index contributed by atoms with van der Waals surface area (Å²) >= 11 is 0. The van der Waals surface area contributed by atoms with Crippen LogP contribution >= 0.6 is 8.15 Å². The summed E-state index contributed by atoms with van der Waals surface area (Å²) in [6.07, 6.45) is 1.67. The standard InChI is InChI=1S/C13H25O4P/c1-5-9(3)17-10-7-14-13-11(8-15-12(10)13)18(4)16-6-2/h9-13H,5-8H2,1-4H3. The summed E-state index contributed by atoms with van der Waals surface area (Å²) < 4.78 is 23.5.